The maximum atomic E-state index is 13.9. The van der Waals surface area contributed by atoms with E-state index in [9.17, 15) is 47.1 Å². The highest BCUT2D eigenvalue weighted by Gasteiger charge is 2.31. The quantitative estimate of drug-likeness (QED) is 0.0253. The monoisotopic (exact) mass is 844 g/mol. The summed E-state index contributed by atoms with van der Waals surface area (Å²) in [5.41, 5.74) is 11.3. The largest absolute Gasteiger partial charge is 0.508 e. The maximum absolute atomic E-state index is 13.9. The molecule has 0 spiro atoms. The van der Waals surface area contributed by atoms with Crippen LogP contribution in [0.3, 0.4) is 0 Å². The van der Waals surface area contributed by atoms with Gasteiger partial charge in [-0.25, -0.2) is 13.2 Å². The Labute approximate surface area is 336 Å². The Balaban J connectivity index is 3.19. The van der Waals surface area contributed by atoms with Crippen molar-refractivity contribution in [3.05, 3.63) is 29.8 Å². The van der Waals surface area contributed by atoms with E-state index < -0.39 is 87.2 Å². The molecule has 0 aliphatic heterocycles. The molecule has 0 saturated heterocycles. The number of carbonyl (C=O) groups is 7. The van der Waals surface area contributed by atoms with Gasteiger partial charge in [-0.05, 0) is 56.7 Å². The lowest BCUT2D eigenvalue weighted by Crippen LogP contribution is -2.58. The number of carbonyl (C=O) groups excluding carboxylic acids is 7. The van der Waals surface area contributed by atoms with E-state index in [1.165, 1.54) is 31.2 Å². The third-order valence-electron chi connectivity index (χ3n) is 7.62. The number of sulfone groups is 1. The van der Waals surface area contributed by atoms with Crippen molar-refractivity contribution in [2.45, 2.75) is 84.0 Å². The van der Waals surface area contributed by atoms with Crippen LogP contribution in [0.5, 0.6) is 5.75 Å². The van der Waals surface area contributed by atoms with E-state index in [2.05, 4.69) is 31.6 Å². The fourth-order valence-electron chi connectivity index (χ4n) is 4.79. The Kier molecular flexibility index (Phi) is 22.7. The molecule has 1 rings (SSSR count). The second-order valence-corrected chi connectivity index (χ2v) is 16.7. The summed E-state index contributed by atoms with van der Waals surface area (Å²) in [6.45, 7) is 6.07. The molecule has 4 atom stereocenters. The number of nitrogens with zero attached hydrogens (tertiary/aromatic N) is 1. The third-order valence-corrected chi connectivity index (χ3v) is 9.41. The van der Waals surface area contributed by atoms with E-state index in [4.69, 9.17) is 20.9 Å². The molecule has 0 unspecified atom stereocenters. The number of aliphatic imine (C=N–C) groups is 1. The molecule has 0 heterocycles. The van der Waals surface area contributed by atoms with Gasteiger partial charge in [0.25, 0.3) is 0 Å². The van der Waals surface area contributed by atoms with Crippen LogP contribution in [-0.4, -0.2) is 129 Å². The molecule has 0 aliphatic carbocycles. The summed E-state index contributed by atoms with van der Waals surface area (Å²) >= 11 is 0.835. The number of hydrogen-bond donors (Lipinski definition) is 8. The van der Waals surface area contributed by atoms with Crippen molar-refractivity contribution in [2.24, 2.45) is 22.4 Å². The fraction of sp³-hybridized carbons (Fsp3) is 0.600. The number of phenols is 1. The zero-order valence-electron chi connectivity index (χ0n) is 32.8. The molecule has 10 N–H and O–H groups in total. The number of guanidine groups is 1. The summed E-state index contributed by atoms with van der Waals surface area (Å²) in [4.78, 5) is 94.0. The Morgan fingerprint density at radius 1 is 0.860 bits per heavy atom. The second-order valence-electron chi connectivity index (χ2n) is 13.3. The SMILES string of the molecule is CCOC(=O)CCSC(=O)CNC(=O)[C@H](C)NC(=O)[C@H](CCCN=C(N)N)NC(=O)[C@H](Cc1ccc(O)cc1)NC(=O)[C@H](CC(C)C)NC(=O)OCCS(C)(=O)=O. The van der Waals surface area contributed by atoms with Gasteiger partial charge in [0.05, 0.1) is 25.3 Å². The van der Waals surface area contributed by atoms with Crippen LogP contribution in [0.1, 0.15) is 58.9 Å². The summed E-state index contributed by atoms with van der Waals surface area (Å²) < 4.78 is 32.6. The van der Waals surface area contributed by atoms with Gasteiger partial charge in [0.15, 0.2) is 15.8 Å². The van der Waals surface area contributed by atoms with Crippen molar-refractivity contribution >= 4 is 68.4 Å². The van der Waals surface area contributed by atoms with E-state index in [0.717, 1.165) is 18.0 Å². The van der Waals surface area contributed by atoms with Crippen molar-refractivity contribution < 1.29 is 56.6 Å². The average molecular weight is 845 g/mol. The van der Waals surface area contributed by atoms with Crippen LogP contribution in [0, 0.1) is 5.92 Å². The highest BCUT2D eigenvalue weighted by atomic mass is 32.2. The third kappa shape index (κ3) is 22.9. The molecular formula is C35H56N8O12S2. The number of hydrogen-bond acceptors (Lipinski definition) is 14. The lowest BCUT2D eigenvalue weighted by Gasteiger charge is -2.26. The van der Waals surface area contributed by atoms with Gasteiger partial charge in [-0.15, -0.1) is 0 Å². The number of aromatic hydroxyl groups is 1. The number of rotatable bonds is 25. The van der Waals surface area contributed by atoms with Crippen LogP contribution < -0.4 is 38.1 Å². The Hall–Kier alpha value is -5.12. The zero-order chi connectivity index (χ0) is 43.1. The van der Waals surface area contributed by atoms with Gasteiger partial charge in [-0.2, -0.15) is 0 Å². The predicted molar refractivity (Wildman–Crippen MR) is 212 cm³/mol. The molecular weight excluding hydrogens is 789 g/mol. The minimum atomic E-state index is -3.43. The summed E-state index contributed by atoms with van der Waals surface area (Å²) in [6, 6.07) is 0.790. The van der Waals surface area contributed by atoms with Gasteiger partial charge in [-0.1, -0.05) is 37.7 Å². The van der Waals surface area contributed by atoms with Gasteiger partial charge in [0.1, 0.15) is 36.5 Å². The summed E-state index contributed by atoms with van der Waals surface area (Å²) in [5, 5.41) is 21.9. The van der Waals surface area contributed by atoms with Crippen LogP contribution in [0.15, 0.2) is 29.3 Å². The molecule has 1 aromatic rings. The van der Waals surface area contributed by atoms with Crippen molar-refractivity contribution in [1.82, 2.24) is 26.6 Å². The van der Waals surface area contributed by atoms with Crippen LogP contribution >= 0.6 is 11.8 Å². The lowest BCUT2D eigenvalue weighted by atomic mass is 10.0. The first-order valence-corrected chi connectivity index (χ1v) is 21.2. The van der Waals surface area contributed by atoms with Crippen LogP contribution in [0.2, 0.25) is 0 Å². The molecule has 20 nitrogen and oxygen atoms in total. The van der Waals surface area contributed by atoms with E-state index in [1.807, 2.05) is 0 Å². The number of thioether (sulfide) groups is 1. The van der Waals surface area contributed by atoms with Gasteiger partial charge in [0, 0.05) is 25.0 Å². The highest BCUT2D eigenvalue weighted by Crippen LogP contribution is 2.13. The van der Waals surface area contributed by atoms with Crippen molar-refractivity contribution in [3.8, 4) is 5.75 Å². The number of alkyl carbamates (subject to hydrolysis) is 1. The first-order chi connectivity index (χ1) is 26.7. The van der Waals surface area contributed by atoms with Crippen LogP contribution in [0.4, 0.5) is 4.79 Å². The maximum Gasteiger partial charge on any atom is 0.407 e. The standard InChI is InChI=1S/C35H56N8O12S2/c1-6-54-28(45)13-16-56-29(46)20-39-30(47)22(4)40-31(48)25(8-7-14-38-34(36)37)41-33(50)27(19-23-9-11-24(44)12-10-23)42-32(49)26(18-21(2)3)43-35(51)55-15-17-57(5,52)53/h9-12,21-22,25-27,44H,6-8,13-20H2,1-5H3,(H,39,47)(H,40,48)(H,41,50)(H,42,49)(H,43,51)(H4,36,37,38)/t22-,25-,26-,27-/m0/s1. The zero-order valence-corrected chi connectivity index (χ0v) is 34.5. The number of esters is 1. The molecule has 57 heavy (non-hydrogen) atoms. The summed E-state index contributed by atoms with van der Waals surface area (Å²) in [7, 11) is -3.43. The first kappa shape index (κ1) is 49.9. The molecule has 0 aromatic heterocycles. The summed E-state index contributed by atoms with van der Waals surface area (Å²) in [5.74, 6) is -4.19. The fourth-order valence-corrected chi connectivity index (χ4v) is 5.85. The van der Waals surface area contributed by atoms with Crippen molar-refractivity contribution in [3.63, 3.8) is 0 Å². The molecule has 0 aliphatic rings. The normalized spacial score (nSPS) is 13.2. The smallest absolute Gasteiger partial charge is 0.407 e. The number of benzene rings is 1. The van der Waals surface area contributed by atoms with Gasteiger partial charge in [-0.3, -0.25) is 33.8 Å². The number of nitrogens with two attached hydrogens (primary N) is 2. The minimum Gasteiger partial charge on any atom is -0.508 e. The number of phenolic OH excluding ortho intramolecular Hbond substituents is 1. The average Bonchev–Trinajstić information content (AvgIpc) is 3.11. The van der Waals surface area contributed by atoms with E-state index in [1.54, 1.807) is 20.8 Å². The molecule has 5 amide bonds. The summed E-state index contributed by atoms with van der Waals surface area (Å²) in [6.07, 6.45) is 0.0980. The van der Waals surface area contributed by atoms with Crippen LogP contribution in [0.25, 0.3) is 0 Å². The molecule has 0 radical (unpaired) electrons. The number of amides is 5. The van der Waals surface area contributed by atoms with E-state index in [-0.39, 0.29) is 75.2 Å². The van der Waals surface area contributed by atoms with Gasteiger partial charge >= 0.3 is 12.1 Å². The lowest BCUT2D eigenvalue weighted by molar-refractivity contribution is -0.142. The predicted octanol–water partition coefficient (Wildman–Crippen LogP) is -1.02. The van der Waals surface area contributed by atoms with E-state index >= 15 is 0 Å². The van der Waals surface area contributed by atoms with Crippen LogP contribution in [-0.2, 0) is 54.5 Å². The van der Waals surface area contributed by atoms with Crippen molar-refractivity contribution in [2.75, 3.05) is 44.1 Å². The molecule has 320 valence electrons. The Morgan fingerprint density at radius 3 is 2.07 bits per heavy atom. The molecule has 1 aromatic carbocycles. The highest BCUT2D eigenvalue weighted by molar-refractivity contribution is 8.13. The Bertz CT molecular complexity index is 1650. The molecule has 0 bridgehead atoms. The van der Waals surface area contributed by atoms with Gasteiger partial charge < -0.3 is 52.6 Å². The molecule has 22 heteroatoms. The van der Waals surface area contributed by atoms with Gasteiger partial charge in [0.2, 0.25) is 28.7 Å². The number of ether oxygens (including phenoxy) is 2. The topological polar surface area (TPSA) is 317 Å². The molecule has 0 fully saturated rings. The Morgan fingerprint density at radius 2 is 1.47 bits per heavy atom. The molecule has 0 saturated carbocycles. The van der Waals surface area contributed by atoms with Crippen molar-refractivity contribution in [1.29, 1.82) is 0 Å². The van der Waals surface area contributed by atoms with E-state index in [0.29, 0.717) is 5.56 Å². The second kappa shape index (κ2) is 25.9. The minimum absolute atomic E-state index is 0.0134. The number of nitrogens with one attached hydrogen (secondary N) is 5. The first-order valence-electron chi connectivity index (χ1n) is 18.1.